The van der Waals surface area contributed by atoms with Crippen molar-refractivity contribution >= 4 is 17.5 Å². The zero-order chi connectivity index (χ0) is 20.3. The number of aromatic amines is 1. The van der Waals surface area contributed by atoms with Crippen LogP contribution in [-0.2, 0) is 16.1 Å². The molecule has 1 aromatic carbocycles. The predicted molar refractivity (Wildman–Crippen MR) is 107 cm³/mol. The minimum atomic E-state index is -0.432. The Morgan fingerprint density at radius 1 is 1.29 bits per heavy atom. The van der Waals surface area contributed by atoms with Gasteiger partial charge in [-0.15, -0.1) is 0 Å². The number of carbonyl (C=O) groups excluding carboxylic acids is 2. The van der Waals surface area contributed by atoms with Gasteiger partial charge in [0, 0.05) is 29.8 Å². The number of rotatable bonds is 4. The first-order valence-electron chi connectivity index (χ1n) is 9.60. The van der Waals surface area contributed by atoms with E-state index in [1.807, 2.05) is 49.9 Å². The van der Waals surface area contributed by atoms with Crippen molar-refractivity contribution in [3.05, 3.63) is 30.1 Å². The van der Waals surface area contributed by atoms with Gasteiger partial charge < -0.3 is 16.0 Å². The van der Waals surface area contributed by atoms with E-state index in [0.717, 1.165) is 24.9 Å². The quantitative estimate of drug-likeness (QED) is 0.747. The highest BCUT2D eigenvalue weighted by atomic mass is 16.2. The van der Waals surface area contributed by atoms with Crippen molar-refractivity contribution in [2.24, 2.45) is 17.1 Å². The van der Waals surface area contributed by atoms with Gasteiger partial charge in [-0.2, -0.15) is 5.10 Å². The molecule has 2 heterocycles. The Labute approximate surface area is 164 Å². The summed E-state index contributed by atoms with van der Waals surface area (Å²) < 4.78 is 0. The van der Waals surface area contributed by atoms with E-state index in [9.17, 15) is 9.59 Å². The van der Waals surface area contributed by atoms with E-state index in [2.05, 4.69) is 20.5 Å². The summed E-state index contributed by atoms with van der Waals surface area (Å²) in [5.41, 5.74) is 6.66. The van der Waals surface area contributed by atoms with Crippen LogP contribution in [0, 0.1) is 11.3 Å². The number of likely N-dealkylation sites (tertiary alicyclic amines) is 1. The van der Waals surface area contributed by atoms with Crippen molar-refractivity contribution < 1.29 is 9.59 Å². The highest BCUT2D eigenvalue weighted by molar-refractivity contribution is 5.93. The van der Waals surface area contributed by atoms with Crippen LogP contribution >= 0.6 is 0 Å². The molecule has 2 aromatic rings. The Kier molecular flexibility index (Phi) is 5.79. The summed E-state index contributed by atoms with van der Waals surface area (Å²) in [6.45, 7) is 7.22. The Morgan fingerprint density at radius 3 is 2.61 bits per heavy atom. The molecule has 1 aliphatic heterocycles. The molecule has 1 atom stereocenters. The molecule has 1 aromatic heterocycles. The number of amides is 2. The van der Waals surface area contributed by atoms with E-state index in [-0.39, 0.29) is 17.7 Å². The van der Waals surface area contributed by atoms with E-state index in [0.29, 0.717) is 30.4 Å². The Balaban J connectivity index is 1.62. The van der Waals surface area contributed by atoms with Crippen LogP contribution in [0.3, 0.4) is 0 Å². The first-order chi connectivity index (χ1) is 13.3. The average molecular weight is 384 g/mol. The molecule has 28 heavy (non-hydrogen) atoms. The molecule has 1 saturated heterocycles. The third kappa shape index (κ3) is 4.56. The minimum absolute atomic E-state index is 0.0533. The molecular formula is C20H28N6O2. The second-order valence-electron chi connectivity index (χ2n) is 8.22. The number of H-pyrrole nitrogens is 1. The Bertz CT molecular complexity index is 837. The largest absolute Gasteiger partial charge is 0.341 e. The molecule has 4 N–H and O–H groups in total. The summed E-state index contributed by atoms with van der Waals surface area (Å²) >= 11 is 0. The van der Waals surface area contributed by atoms with Crippen LogP contribution in [0.25, 0.3) is 11.4 Å². The summed E-state index contributed by atoms with van der Waals surface area (Å²) in [6.07, 6.45) is 1.63. The van der Waals surface area contributed by atoms with Gasteiger partial charge in [-0.1, -0.05) is 20.8 Å². The van der Waals surface area contributed by atoms with Crippen molar-refractivity contribution in [3.8, 4) is 11.4 Å². The molecule has 0 aliphatic carbocycles. The fourth-order valence-electron chi connectivity index (χ4n) is 3.31. The number of hydrogen-bond acceptors (Lipinski definition) is 5. The number of nitrogens with one attached hydrogen (secondary N) is 2. The van der Waals surface area contributed by atoms with Crippen LogP contribution in [-0.4, -0.2) is 45.0 Å². The first-order valence-corrected chi connectivity index (χ1v) is 9.60. The molecule has 1 fully saturated rings. The lowest BCUT2D eigenvalue weighted by Gasteiger charge is -2.35. The second kappa shape index (κ2) is 8.10. The van der Waals surface area contributed by atoms with E-state index >= 15 is 0 Å². The normalized spacial score (nSPS) is 17.4. The van der Waals surface area contributed by atoms with Crippen LogP contribution in [0.4, 0.5) is 5.69 Å². The lowest BCUT2D eigenvalue weighted by atomic mass is 9.91. The molecule has 0 spiro atoms. The van der Waals surface area contributed by atoms with Gasteiger partial charge in [0.1, 0.15) is 5.82 Å². The zero-order valence-corrected chi connectivity index (χ0v) is 16.7. The number of aromatic nitrogens is 3. The number of nitrogens with zero attached hydrogens (tertiary/aromatic N) is 3. The molecule has 8 nitrogen and oxygen atoms in total. The lowest BCUT2D eigenvalue weighted by Crippen LogP contribution is -2.47. The number of hydrogen-bond donors (Lipinski definition) is 3. The summed E-state index contributed by atoms with van der Waals surface area (Å²) in [6, 6.07) is 7.37. The van der Waals surface area contributed by atoms with Gasteiger partial charge in [-0.3, -0.25) is 14.7 Å². The highest BCUT2D eigenvalue weighted by Gasteiger charge is 2.33. The molecule has 3 rings (SSSR count). The molecule has 150 valence electrons. The highest BCUT2D eigenvalue weighted by Crippen LogP contribution is 2.25. The van der Waals surface area contributed by atoms with Gasteiger partial charge >= 0.3 is 0 Å². The fourth-order valence-corrected chi connectivity index (χ4v) is 3.31. The summed E-state index contributed by atoms with van der Waals surface area (Å²) in [5, 5.41) is 9.86. The van der Waals surface area contributed by atoms with Crippen molar-refractivity contribution in [1.29, 1.82) is 0 Å². The van der Waals surface area contributed by atoms with Gasteiger partial charge in [0.05, 0.1) is 12.5 Å². The zero-order valence-electron chi connectivity index (χ0n) is 16.7. The standard InChI is InChI=1S/C20H28N6O2/c1-20(2,3)19(28)26-10-4-5-14(12-26)18(27)22-15-8-6-13(7-9-15)17-23-16(11-21)24-25-17/h6-9,14H,4-5,10-12,21H2,1-3H3,(H,22,27)(H,23,24,25). The smallest absolute Gasteiger partial charge is 0.229 e. The van der Waals surface area contributed by atoms with Crippen molar-refractivity contribution in [2.45, 2.75) is 40.2 Å². The Hall–Kier alpha value is -2.74. The molecule has 0 saturated carbocycles. The summed E-state index contributed by atoms with van der Waals surface area (Å²) in [7, 11) is 0. The number of nitrogens with two attached hydrogens (primary N) is 1. The number of benzene rings is 1. The molecule has 0 radical (unpaired) electrons. The summed E-state index contributed by atoms with van der Waals surface area (Å²) in [4.78, 5) is 31.3. The van der Waals surface area contributed by atoms with Crippen LogP contribution in [0.5, 0.6) is 0 Å². The monoisotopic (exact) mass is 384 g/mol. The molecule has 2 amide bonds. The van der Waals surface area contributed by atoms with Gasteiger partial charge in [0.15, 0.2) is 5.82 Å². The molecule has 1 unspecified atom stereocenters. The molecule has 1 aliphatic rings. The Morgan fingerprint density at radius 2 is 2.00 bits per heavy atom. The second-order valence-corrected chi connectivity index (χ2v) is 8.22. The lowest BCUT2D eigenvalue weighted by molar-refractivity contribution is -0.142. The molecule has 8 heteroatoms. The summed E-state index contributed by atoms with van der Waals surface area (Å²) in [5.74, 6) is 1.04. The number of piperidine rings is 1. The number of carbonyl (C=O) groups is 2. The van der Waals surface area contributed by atoms with Gasteiger partial charge in [0.2, 0.25) is 11.8 Å². The third-order valence-corrected chi connectivity index (χ3v) is 4.86. The van der Waals surface area contributed by atoms with Crippen LogP contribution in [0.2, 0.25) is 0 Å². The fraction of sp³-hybridized carbons (Fsp3) is 0.500. The maximum Gasteiger partial charge on any atom is 0.229 e. The van der Waals surface area contributed by atoms with Crippen LogP contribution in [0.1, 0.15) is 39.4 Å². The first kappa shape index (κ1) is 20.0. The van der Waals surface area contributed by atoms with Crippen molar-refractivity contribution in [3.63, 3.8) is 0 Å². The van der Waals surface area contributed by atoms with Crippen molar-refractivity contribution in [2.75, 3.05) is 18.4 Å². The third-order valence-electron chi connectivity index (χ3n) is 4.86. The maximum absolute atomic E-state index is 12.7. The number of anilines is 1. The average Bonchev–Trinajstić information content (AvgIpc) is 3.16. The van der Waals surface area contributed by atoms with Crippen LogP contribution < -0.4 is 11.1 Å². The van der Waals surface area contributed by atoms with Gasteiger partial charge in [-0.25, -0.2) is 4.98 Å². The SMILES string of the molecule is CC(C)(C)C(=O)N1CCCC(C(=O)Nc2ccc(-c3n[nH]c(CN)n3)cc2)C1. The van der Waals surface area contributed by atoms with E-state index in [1.54, 1.807) is 0 Å². The molecular weight excluding hydrogens is 356 g/mol. The molecule has 0 bridgehead atoms. The van der Waals surface area contributed by atoms with Gasteiger partial charge in [-0.05, 0) is 37.1 Å². The predicted octanol–water partition coefficient (Wildman–Crippen LogP) is 2.15. The maximum atomic E-state index is 12.7. The minimum Gasteiger partial charge on any atom is -0.341 e. The topological polar surface area (TPSA) is 117 Å². The van der Waals surface area contributed by atoms with E-state index < -0.39 is 5.41 Å². The van der Waals surface area contributed by atoms with Crippen molar-refractivity contribution in [1.82, 2.24) is 20.1 Å². The van der Waals surface area contributed by atoms with Crippen LogP contribution in [0.15, 0.2) is 24.3 Å². The van der Waals surface area contributed by atoms with Gasteiger partial charge in [0.25, 0.3) is 0 Å². The van der Waals surface area contributed by atoms with E-state index in [4.69, 9.17) is 5.73 Å². The van der Waals surface area contributed by atoms with E-state index in [1.165, 1.54) is 0 Å².